The van der Waals surface area contributed by atoms with Crippen molar-refractivity contribution in [1.82, 2.24) is 14.1 Å². The van der Waals surface area contributed by atoms with Crippen LogP contribution in [0.25, 0.3) is 22.2 Å². The second-order valence-electron chi connectivity index (χ2n) is 10.2. The van der Waals surface area contributed by atoms with Gasteiger partial charge in [0.05, 0.1) is 29.9 Å². The molecule has 1 saturated heterocycles. The van der Waals surface area contributed by atoms with Gasteiger partial charge in [0, 0.05) is 62.4 Å². The van der Waals surface area contributed by atoms with Crippen molar-refractivity contribution in [3.05, 3.63) is 69.9 Å². The van der Waals surface area contributed by atoms with E-state index < -0.39 is 12.4 Å². The van der Waals surface area contributed by atoms with Crippen molar-refractivity contribution >= 4 is 34.1 Å². The van der Waals surface area contributed by atoms with Crippen LogP contribution >= 0.6 is 0 Å². The number of pyridine rings is 1. The van der Waals surface area contributed by atoms with Crippen molar-refractivity contribution in [2.45, 2.75) is 19.3 Å². The number of imidazole rings is 1. The Balaban J connectivity index is 1.50. The molecule has 0 spiro atoms. The number of ether oxygens (including phenoxy) is 1. The lowest BCUT2D eigenvalue weighted by molar-refractivity contribution is 0.0690. The number of aromatic nitrogens is 3. The normalized spacial score (nSPS) is 15.6. The minimum absolute atomic E-state index is 0.132. The summed E-state index contributed by atoms with van der Waals surface area (Å²) in [5, 5.41) is 9.17. The molecule has 11 heteroatoms. The molecular weight excluding hydrogens is 520 g/mol. The van der Waals surface area contributed by atoms with Gasteiger partial charge < -0.3 is 19.6 Å². The second-order valence-corrected chi connectivity index (χ2v) is 10.2. The molecule has 2 aliphatic heterocycles. The van der Waals surface area contributed by atoms with Gasteiger partial charge in [0.1, 0.15) is 5.69 Å². The number of hydrogen-bond donors (Lipinski definition) is 1. The lowest BCUT2D eigenvalue weighted by Gasteiger charge is -2.35. The molecule has 1 N–H and O–H groups in total. The number of anilines is 3. The molecule has 0 radical (unpaired) electrons. The second kappa shape index (κ2) is 10.1. The van der Waals surface area contributed by atoms with Crippen molar-refractivity contribution < 1.29 is 23.4 Å². The van der Waals surface area contributed by atoms with Gasteiger partial charge in [-0.15, -0.1) is 0 Å². The van der Waals surface area contributed by atoms with Gasteiger partial charge in [0.25, 0.3) is 6.43 Å². The fourth-order valence-corrected chi connectivity index (χ4v) is 5.84. The minimum Gasteiger partial charge on any atom is -0.477 e. The highest BCUT2D eigenvalue weighted by Crippen LogP contribution is 2.43. The van der Waals surface area contributed by atoms with Gasteiger partial charge in [0.15, 0.2) is 0 Å². The quantitative estimate of drug-likeness (QED) is 0.392. The summed E-state index contributed by atoms with van der Waals surface area (Å²) < 4.78 is 37.7. The number of halogens is 2. The molecule has 208 valence electrons. The summed E-state index contributed by atoms with van der Waals surface area (Å²) in [5.41, 5.74) is 5.33. The Kier molecular flexibility index (Phi) is 6.53. The topological polar surface area (TPSA) is 92.8 Å². The van der Waals surface area contributed by atoms with E-state index in [2.05, 4.69) is 14.8 Å². The van der Waals surface area contributed by atoms with Crippen LogP contribution < -0.4 is 15.5 Å². The lowest BCUT2D eigenvalue weighted by Crippen LogP contribution is -2.36. The Morgan fingerprint density at radius 1 is 1.02 bits per heavy atom. The van der Waals surface area contributed by atoms with Gasteiger partial charge in [0.2, 0.25) is 0 Å². The average Bonchev–Trinajstić information content (AvgIpc) is 3.19. The zero-order valence-electron chi connectivity index (χ0n) is 22.2. The monoisotopic (exact) mass is 549 g/mol. The van der Waals surface area contributed by atoms with Crippen molar-refractivity contribution in [1.29, 1.82) is 0 Å². The predicted octanol–water partition coefficient (Wildman–Crippen LogP) is 4.50. The third-order valence-electron chi connectivity index (χ3n) is 7.89. The highest BCUT2D eigenvalue weighted by Gasteiger charge is 2.27. The van der Waals surface area contributed by atoms with E-state index in [1.54, 1.807) is 35.4 Å². The average molecular weight is 550 g/mol. The maximum atomic E-state index is 14.4. The molecule has 0 amide bonds. The smallest absolute Gasteiger partial charge is 0.354 e. The Bertz CT molecular complexity index is 1670. The van der Waals surface area contributed by atoms with Gasteiger partial charge in [-0.2, -0.15) is 0 Å². The van der Waals surface area contributed by atoms with E-state index in [1.165, 1.54) is 18.3 Å². The fourth-order valence-electron chi connectivity index (χ4n) is 5.84. The summed E-state index contributed by atoms with van der Waals surface area (Å²) in [7, 11) is 3.51. The molecule has 9 nitrogen and oxygen atoms in total. The van der Waals surface area contributed by atoms with Crippen molar-refractivity contribution in [3.8, 4) is 11.1 Å². The number of carboxylic acid groups (broad SMARTS) is 1. The minimum atomic E-state index is -2.75. The van der Waals surface area contributed by atoms with E-state index in [-0.39, 0.29) is 16.9 Å². The molecule has 0 atom stereocenters. The third kappa shape index (κ3) is 4.30. The summed E-state index contributed by atoms with van der Waals surface area (Å²) in [5.74, 6) is -1.17. The largest absolute Gasteiger partial charge is 0.477 e. The van der Waals surface area contributed by atoms with E-state index in [0.29, 0.717) is 56.1 Å². The van der Waals surface area contributed by atoms with Gasteiger partial charge in [-0.25, -0.2) is 23.4 Å². The number of morpholine rings is 1. The number of hydrogen-bond acceptors (Lipinski definition) is 6. The standard InChI is InChI=1S/C29H29F2N5O4/c1-33-24-13-19(14-25(26(24)34(2)29(33)39)35-8-10-40-11-9-35)36-7-3-4-17-12-20(21(27(30)31)15-23(17)36)18-5-6-22(28(37)38)32-16-18/h5-6,12-16,27H,3-4,7-11H2,1-2H3,(H,37,38). The van der Waals surface area contributed by atoms with Gasteiger partial charge in [-0.3, -0.25) is 9.13 Å². The van der Waals surface area contributed by atoms with Crippen LogP contribution in [0.2, 0.25) is 0 Å². The lowest BCUT2D eigenvalue weighted by atomic mass is 9.92. The Morgan fingerprint density at radius 3 is 2.48 bits per heavy atom. The molecule has 0 saturated carbocycles. The molecular formula is C29H29F2N5O4. The van der Waals surface area contributed by atoms with E-state index in [9.17, 15) is 18.4 Å². The maximum Gasteiger partial charge on any atom is 0.354 e. The number of carboxylic acids is 1. The summed E-state index contributed by atoms with van der Waals surface area (Å²) in [6, 6.07) is 10.2. The number of fused-ring (bicyclic) bond motifs is 2. The number of nitrogens with zero attached hydrogens (tertiary/aromatic N) is 5. The predicted molar refractivity (Wildman–Crippen MR) is 148 cm³/mol. The van der Waals surface area contributed by atoms with Crippen LogP contribution in [-0.4, -0.2) is 58.0 Å². The van der Waals surface area contributed by atoms with E-state index in [0.717, 1.165) is 34.4 Å². The SMILES string of the molecule is Cn1c(=O)n(C)c2c(N3CCOCC3)cc(N3CCCc4cc(-c5ccc(C(=O)O)nc5)c(C(F)F)cc43)cc21. The summed E-state index contributed by atoms with van der Waals surface area (Å²) in [6.45, 7) is 3.18. The first-order chi connectivity index (χ1) is 19.2. The van der Waals surface area contributed by atoms with Crippen LogP contribution in [0.5, 0.6) is 0 Å². The summed E-state index contributed by atoms with van der Waals surface area (Å²) in [4.78, 5) is 32.3. The van der Waals surface area contributed by atoms with E-state index in [4.69, 9.17) is 9.84 Å². The number of alkyl halides is 2. The summed E-state index contributed by atoms with van der Waals surface area (Å²) in [6.07, 6.45) is 0.112. The molecule has 4 heterocycles. The highest BCUT2D eigenvalue weighted by molar-refractivity contribution is 5.94. The molecule has 4 aromatic rings. The zero-order valence-corrected chi connectivity index (χ0v) is 22.2. The van der Waals surface area contributed by atoms with Crippen LogP contribution in [0.4, 0.5) is 25.8 Å². The first kappa shape index (κ1) is 26.0. The first-order valence-corrected chi connectivity index (χ1v) is 13.2. The zero-order chi connectivity index (χ0) is 28.1. The molecule has 0 bridgehead atoms. The molecule has 6 rings (SSSR count). The fraction of sp³-hybridized carbons (Fsp3) is 0.345. The van der Waals surface area contributed by atoms with Gasteiger partial charge >= 0.3 is 11.7 Å². The Labute approximate surface area is 228 Å². The maximum absolute atomic E-state index is 14.4. The number of aromatic carboxylic acids is 1. The molecule has 0 unspecified atom stereocenters. The molecule has 0 aliphatic carbocycles. The summed E-state index contributed by atoms with van der Waals surface area (Å²) >= 11 is 0. The number of carbonyl (C=O) groups is 1. The van der Waals surface area contributed by atoms with Crippen molar-refractivity contribution in [3.63, 3.8) is 0 Å². The van der Waals surface area contributed by atoms with Gasteiger partial charge in [-0.1, -0.05) is 6.07 Å². The van der Waals surface area contributed by atoms with Crippen LogP contribution in [0, 0.1) is 0 Å². The van der Waals surface area contributed by atoms with Gasteiger partial charge in [-0.05, 0) is 54.3 Å². The van der Waals surface area contributed by atoms with Crippen LogP contribution in [0.1, 0.15) is 34.5 Å². The first-order valence-electron chi connectivity index (χ1n) is 13.2. The molecule has 2 aliphatic rings. The van der Waals surface area contributed by atoms with Crippen LogP contribution in [0.15, 0.2) is 47.4 Å². The van der Waals surface area contributed by atoms with E-state index >= 15 is 0 Å². The molecule has 2 aromatic heterocycles. The Morgan fingerprint density at radius 2 is 1.80 bits per heavy atom. The molecule has 40 heavy (non-hydrogen) atoms. The third-order valence-corrected chi connectivity index (χ3v) is 7.89. The van der Waals surface area contributed by atoms with Crippen molar-refractivity contribution in [2.75, 3.05) is 42.6 Å². The van der Waals surface area contributed by atoms with Crippen LogP contribution in [0.3, 0.4) is 0 Å². The highest BCUT2D eigenvalue weighted by atomic mass is 19.3. The molecule has 1 fully saturated rings. The molecule has 2 aromatic carbocycles. The number of aryl methyl sites for hydroxylation is 3. The number of rotatable bonds is 5. The Hall–Kier alpha value is -4.25. The van der Waals surface area contributed by atoms with Crippen molar-refractivity contribution in [2.24, 2.45) is 14.1 Å². The van der Waals surface area contributed by atoms with Crippen LogP contribution in [-0.2, 0) is 25.3 Å². The number of benzene rings is 2. The van der Waals surface area contributed by atoms with E-state index in [1.807, 2.05) is 12.1 Å².